The number of nitrogens with one attached hydrogen (secondary N) is 1. The molecule has 1 aromatic carbocycles. The van der Waals surface area contributed by atoms with Crippen LogP contribution in [-0.4, -0.2) is 39.7 Å². The second-order valence-corrected chi connectivity index (χ2v) is 23.1. The van der Waals surface area contributed by atoms with Gasteiger partial charge in [0.15, 0.2) is 0 Å². The number of carbonyl (C=O) groups excluding carboxylic acids is 1. The molecule has 4 nitrogen and oxygen atoms in total. The molecular formula is C27H47NO3Sn. The molecule has 1 aromatic rings. The number of aliphatic hydroxyl groups is 1. The Labute approximate surface area is 201 Å². The van der Waals surface area contributed by atoms with Crippen molar-refractivity contribution in [2.24, 2.45) is 0 Å². The fourth-order valence-electron chi connectivity index (χ4n) is 4.57. The van der Waals surface area contributed by atoms with Crippen LogP contribution < -0.4 is 5.32 Å². The molecule has 3 atom stereocenters. The van der Waals surface area contributed by atoms with Gasteiger partial charge in [0, 0.05) is 0 Å². The molecule has 0 unspecified atom stereocenters. The van der Waals surface area contributed by atoms with E-state index in [-0.39, 0.29) is 10.2 Å². The van der Waals surface area contributed by atoms with E-state index in [9.17, 15) is 9.90 Å². The van der Waals surface area contributed by atoms with Crippen LogP contribution in [0.3, 0.4) is 0 Å². The molecule has 0 aliphatic heterocycles. The van der Waals surface area contributed by atoms with Crippen LogP contribution in [0.5, 0.6) is 0 Å². The minimum atomic E-state index is -2.76. The molecule has 0 saturated heterocycles. The van der Waals surface area contributed by atoms with Crippen LogP contribution in [0.4, 0.5) is 4.79 Å². The van der Waals surface area contributed by atoms with Gasteiger partial charge in [-0.3, -0.25) is 0 Å². The number of hydrogen-bond donors (Lipinski definition) is 2. The third-order valence-electron chi connectivity index (χ3n) is 6.61. The summed E-state index contributed by atoms with van der Waals surface area (Å²) in [5, 5.41) is 13.6. The average molecular weight is 552 g/mol. The van der Waals surface area contributed by atoms with Gasteiger partial charge in [-0.05, 0) is 0 Å². The van der Waals surface area contributed by atoms with Gasteiger partial charge < -0.3 is 0 Å². The maximum absolute atomic E-state index is 13.0. The first kappa shape index (κ1) is 29.0. The zero-order valence-electron chi connectivity index (χ0n) is 20.9. The third kappa shape index (κ3) is 9.86. The minimum absolute atomic E-state index is 0.0630. The monoisotopic (exact) mass is 553 g/mol. The summed E-state index contributed by atoms with van der Waals surface area (Å²) < 4.78 is 10.2. The van der Waals surface area contributed by atoms with Crippen LogP contribution in [0.15, 0.2) is 43.0 Å². The maximum atomic E-state index is 13.0. The van der Waals surface area contributed by atoms with Gasteiger partial charge in [-0.15, -0.1) is 0 Å². The Bertz CT molecular complexity index is 615. The molecule has 0 spiro atoms. The fraction of sp³-hybridized carbons (Fsp3) is 0.667. The van der Waals surface area contributed by atoms with Gasteiger partial charge in [-0.1, -0.05) is 0 Å². The first-order valence-electron chi connectivity index (χ1n) is 12.7. The summed E-state index contributed by atoms with van der Waals surface area (Å²) in [5.74, 6) is 0. The second-order valence-electron chi connectivity index (χ2n) is 9.22. The van der Waals surface area contributed by atoms with Gasteiger partial charge in [0.1, 0.15) is 0 Å². The molecular weight excluding hydrogens is 505 g/mol. The molecule has 5 heteroatoms. The number of ether oxygens (including phenoxy) is 1. The number of aliphatic hydroxyl groups excluding tert-OH is 1. The van der Waals surface area contributed by atoms with E-state index in [1.54, 1.807) is 0 Å². The molecule has 0 aliphatic carbocycles. The average Bonchev–Trinajstić information content (AvgIpc) is 2.81. The van der Waals surface area contributed by atoms with Gasteiger partial charge in [0.25, 0.3) is 0 Å². The van der Waals surface area contributed by atoms with Crippen molar-refractivity contribution in [1.82, 2.24) is 5.32 Å². The van der Waals surface area contributed by atoms with Gasteiger partial charge in [-0.25, -0.2) is 0 Å². The van der Waals surface area contributed by atoms with Crippen LogP contribution in [0.1, 0.15) is 90.7 Å². The summed E-state index contributed by atoms with van der Waals surface area (Å²) in [6.07, 6.45) is 9.87. The standard InChI is InChI=1S/C15H20NO3.3C4H9.Sn/c1-3-4-8-11-19-15(18)16-12(2)14(17)13-9-6-5-7-10-13;3*1-3-4-2;/h3,5-7,9-12,14,17H,1,4,8H2,2H3,(H,16,18);3*1,3-4H2,2H3;/t12-,14-;;;;/m1..../s1. The van der Waals surface area contributed by atoms with E-state index in [1.807, 2.05) is 43.3 Å². The predicted octanol–water partition coefficient (Wildman–Crippen LogP) is 7.56. The van der Waals surface area contributed by atoms with Crippen molar-refractivity contribution in [2.45, 2.75) is 109 Å². The number of unbranched alkanes of at least 4 members (excludes halogenated alkanes) is 3. The van der Waals surface area contributed by atoms with Gasteiger partial charge in [-0.2, -0.15) is 0 Å². The van der Waals surface area contributed by atoms with E-state index in [4.69, 9.17) is 4.74 Å². The topological polar surface area (TPSA) is 58.6 Å². The van der Waals surface area contributed by atoms with Gasteiger partial charge >= 0.3 is 202 Å². The Hall–Kier alpha value is -1.01. The van der Waals surface area contributed by atoms with E-state index >= 15 is 0 Å². The number of benzene rings is 1. The Kier molecular flexibility index (Phi) is 15.0. The van der Waals surface area contributed by atoms with E-state index in [0.717, 1.165) is 18.4 Å². The van der Waals surface area contributed by atoms with Crippen molar-refractivity contribution in [3.63, 3.8) is 0 Å². The summed E-state index contributed by atoms with van der Waals surface area (Å²) in [5.41, 5.74) is 0.797. The molecule has 0 fully saturated rings. The number of rotatable bonds is 17. The van der Waals surface area contributed by atoms with Gasteiger partial charge in [0.2, 0.25) is 0 Å². The van der Waals surface area contributed by atoms with Crippen LogP contribution in [0.2, 0.25) is 13.3 Å². The molecule has 1 amide bonds. The number of hydrogen-bond acceptors (Lipinski definition) is 3. The predicted molar refractivity (Wildman–Crippen MR) is 139 cm³/mol. The Balaban J connectivity index is 3.01. The fourth-order valence-corrected chi connectivity index (χ4v) is 21.8. The zero-order valence-corrected chi connectivity index (χ0v) is 23.8. The first-order chi connectivity index (χ1) is 15.4. The van der Waals surface area contributed by atoms with E-state index in [0.29, 0.717) is 0 Å². The van der Waals surface area contributed by atoms with Crippen molar-refractivity contribution in [3.8, 4) is 0 Å². The Morgan fingerprint density at radius 2 is 1.59 bits per heavy atom. The van der Waals surface area contributed by atoms with E-state index < -0.39 is 30.5 Å². The van der Waals surface area contributed by atoms with Crippen molar-refractivity contribution in [1.29, 1.82) is 0 Å². The summed E-state index contributed by atoms with van der Waals surface area (Å²) in [6.45, 7) is 12.5. The summed E-state index contributed by atoms with van der Waals surface area (Å²) >= 11 is -2.76. The molecule has 1 rings (SSSR count). The van der Waals surface area contributed by atoms with Crippen molar-refractivity contribution >= 4 is 24.5 Å². The number of carbonyl (C=O) groups is 1. The second kappa shape index (κ2) is 16.6. The van der Waals surface area contributed by atoms with Crippen LogP contribution in [0.25, 0.3) is 0 Å². The normalized spacial score (nSPS) is 14.4. The molecule has 0 bridgehead atoms. The molecule has 32 heavy (non-hydrogen) atoms. The Morgan fingerprint density at radius 1 is 1.06 bits per heavy atom. The molecule has 0 radical (unpaired) electrons. The number of allylic oxidation sites excluding steroid dienone is 1. The zero-order chi connectivity index (χ0) is 23.8. The quantitative estimate of drug-likeness (QED) is 0.155. The number of alkyl carbamates (subject to hydrolysis) is 1. The molecule has 0 aliphatic rings. The van der Waals surface area contributed by atoms with Crippen molar-refractivity contribution < 1.29 is 14.6 Å². The summed E-state index contributed by atoms with van der Waals surface area (Å²) in [7, 11) is 0. The van der Waals surface area contributed by atoms with Crippen LogP contribution >= 0.6 is 0 Å². The number of amides is 1. The summed E-state index contributed by atoms with van der Waals surface area (Å²) in [4.78, 5) is 13.0. The molecule has 0 heterocycles. The molecule has 0 saturated carbocycles. The first-order valence-corrected chi connectivity index (χ1v) is 20.4. The molecule has 2 N–H and O–H groups in total. The van der Waals surface area contributed by atoms with Crippen molar-refractivity contribution in [2.75, 3.05) is 0 Å². The summed E-state index contributed by atoms with van der Waals surface area (Å²) in [6, 6.07) is 9.05. The molecule has 0 aromatic heterocycles. The van der Waals surface area contributed by atoms with Gasteiger partial charge in [0.05, 0.1) is 0 Å². The Morgan fingerprint density at radius 3 is 2.06 bits per heavy atom. The SMILES string of the molecule is C=CCC[C@H](OC(=O)N[C@H](C)[C@@H](O)c1ccccc1)[Sn]([CH2]CCC)([CH2]CCC)[CH2]CCC. The molecule has 182 valence electrons. The van der Waals surface area contributed by atoms with Crippen molar-refractivity contribution in [3.05, 3.63) is 48.6 Å². The van der Waals surface area contributed by atoms with Crippen LogP contribution in [0, 0.1) is 0 Å². The van der Waals surface area contributed by atoms with E-state index in [2.05, 4.69) is 32.7 Å². The van der Waals surface area contributed by atoms with Crippen LogP contribution in [-0.2, 0) is 4.74 Å². The third-order valence-corrected chi connectivity index (χ3v) is 23.2. The van der Waals surface area contributed by atoms with E-state index in [1.165, 1.54) is 51.8 Å².